The van der Waals surface area contributed by atoms with Gasteiger partial charge in [0, 0.05) is 19.5 Å². The van der Waals surface area contributed by atoms with Gasteiger partial charge in [0.2, 0.25) is 0 Å². The van der Waals surface area contributed by atoms with Gasteiger partial charge in [-0.3, -0.25) is 13.9 Å². The van der Waals surface area contributed by atoms with Crippen molar-refractivity contribution in [2.45, 2.75) is 39.2 Å². The van der Waals surface area contributed by atoms with E-state index in [0.29, 0.717) is 30.0 Å². The molecule has 0 radical (unpaired) electrons. The lowest BCUT2D eigenvalue weighted by molar-refractivity contribution is 0.499. The Morgan fingerprint density at radius 1 is 1.40 bits per heavy atom. The topological polar surface area (TPSA) is 98.7 Å². The van der Waals surface area contributed by atoms with Gasteiger partial charge in [-0.15, -0.1) is 0 Å². The van der Waals surface area contributed by atoms with Gasteiger partial charge in [-0.2, -0.15) is 0 Å². The van der Waals surface area contributed by atoms with Crippen molar-refractivity contribution in [2.24, 2.45) is 12.8 Å². The van der Waals surface area contributed by atoms with E-state index in [4.69, 9.17) is 5.73 Å². The van der Waals surface area contributed by atoms with Crippen molar-refractivity contribution in [3.63, 3.8) is 0 Å². The third kappa shape index (κ3) is 2.29. The molecule has 7 nitrogen and oxygen atoms in total. The standard InChI is InChI=1S/C13H21N5O2/c1-4-8(2)18-11-10(12(19)17(3)13(18)20)15-9(16-11)6-5-7-14/h8H,4-7,14H2,1-3H3,(H,15,16). The van der Waals surface area contributed by atoms with Crippen LogP contribution in [0.5, 0.6) is 0 Å². The van der Waals surface area contributed by atoms with Gasteiger partial charge in [-0.05, 0) is 26.3 Å². The average Bonchev–Trinajstić information content (AvgIpc) is 2.86. The number of fused-ring (bicyclic) bond motifs is 1. The summed E-state index contributed by atoms with van der Waals surface area (Å²) >= 11 is 0. The number of aromatic nitrogens is 4. The summed E-state index contributed by atoms with van der Waals surface area (Å²) in [5, 5.41) is 0. The van der Waals surface area contributed by atoms with Crippen LogP contribution >= 0.6 is 0 Å². The fourth-order valence-corrected chi connectivity index (χ4v) is 2.21. The van der Waals surface area contributed by atoms with Crippen LogP contribution in [0.2, 0.25) is 0 Å². The van der Waals surface area contributed by atoms with Crippen LogP contribution in [-0.4, -0.2) is 25.6 Å². The molecule has 20 heavy (non-hydrogen) atoms. The van der Waals surface area contributed by atoms with Gasteiger partial charge in [0.25, 0.3) is 5.56 Å². The fraction of sp³-hybridized carbons (Fsp3) is 0.615. The van der Waals surface area contributed by atoms with Gasteiger partial charge in [0.15, 0.2) is 5.65 Å². The molecule has 0 saturated heterocycles. The second kappa shape index (κ2) is 5.62. The summed E-state index contributed by atoms with van der Waals surface area (Å²) in [6.45, 7) is 4.50. The van der Waals surface area contributed by atoms with Crippen LogP contribution in [0.4, 0.5) is 0 Å². The fourth-order valence-electron chi connectivity index (χ4n) is 2.21. The summed E-state index contributed by atoms with van der Waals surface area (Å²) in [6.07, 6.45) is 2.24. The lowest BCUT2D eigenvalue weighted by atomic mass is 10.2. The molecule has 0 bridgehead atoms. The zero-order chi connectivity index (χ0) is 14.9. The Bertz CT molecular complexity index is 725. The minimum atomic E-state index is -0.337. The molecule has 1 atom stereocenters. The van der Waals surface area contributed by atoms with E-state index >= 15 is 0 Å². The first-order valence-corrected chi connectivity index (χ1v) is 6.91. The smallest absolute Gasteiger partial charge is 0.332 e. The number of aryl methyl sites for hydroxylation is 1. The molecule has 110 valence electrons. The number of rotatable bonds is 5. The van der Waals surface area contributed by atoms with Crippen molar-refractivity contribution < 1.29 is 0 Å². The van der Waals surface area contributed by atoms with Crippen LogP contribution in [0, 0.1) is 0 Å². The minimum absolute atomic E-state index is 0.0116. The van der Waals surface area contributed by atoms with E-state index < -0.39 is 0 Å². The van der Waals surface area contributed by atoms with Crippen LogP contribution in [-0.2, 0) is 13.5 Å². The molecule has 0 aromatic carbocycles. The maximum Gasteiger partial charge on any atom is 0.332 e. The van der Waals surface area contributed by atoms with Crippen LogP contribution in [0.3, 0.4) is 0 Å². The molecule has 2 aromatic heterocycles. The zero-order valence-corrected chi connectivity index (χ0v) is 12.1. The lowest BCUT2D eigenvalue weighted by Crippen LogP contribution is -2.39. The second-order valence-electron chi connectivity index (χ2n) is 5.05. The van der Waals surface area contributed by atoms with E-state index in [-0.39, 0.29) is 17.3 Å². The first-order chi connectivity index (χ1) is 9.51. The van der Waals surface area contributed by atoms with Gasteiger partial charge in [-0.25, -0.2) is 9.78 Å². The highest BCUT2D eigenvalue weighted by atomic mass is 16.2. The summed E-state index contributed by atoms with van der Waals surface area (Å²) in [7, 11) is 1.49. The van der Waals surface area contributed by atoms with E-state index in [1.54, 1.807) is 4.57 Å². The normalized spacial score (nSPS) is 13.0. The quantitative estimate of drug-likeness (QED) is 0.821. The molecule has 0 saturated carbocycles. The number of nitrogens with two attached hydrogens (primary N) is 1. The molecule has 0 aliphatic rings. The molecule has 2 heterocycles. The van der Waals surface area contributed by atoms with Gasteiger partial charge >= 0.3 is 5.69 Å². The van der Waals surface area contributed by atoms with E-state index in [9.17, 15) is 9.59 Å². The van der Waals surface area contributed by atoms with Crippen molar-refractivity contribution in [3.8, 4) is 0 Å². The largest absolute Gasteiger partial charge is 0.336 e. The summed E-state index contributed by atoms with van der Waals surface area (Å²) < 4.78 is 2.71. The molecule has 3 N–H and O–H groups in total. The van der Waals surface area contributed by atoms with Gasteiger partial charge in [-0.1, -0.05) is 6.92 Å². The minimum Gasteiger partial charge on any atom is -0.336 e. The monoisotopic (exact) mass is 279 g/mol. The molecule has 0 fully saturated rings. The highest BCUT2D eigenvalue weighted by Gasteiger charge is 2.18. The first kappa shape index (κ1) is 14.5. The van der Waals surface area contributed by atoms with Crippen LogP contribution in [0.1, 0.15) is 38.6 Å². The van der Waals surface area contributed by atoms with Gasteiger partial charge < -0.3 is 10.7 Å². The Morgan fingerprint density at radius 2 is 2.10 bits per heavy atom. The van der Waals surface area contributed by atoms with Crippen molar-refractivity contribution in [3.05, 3.63) is 26.7 Å². The highest BCUT2D eigenvalue weighted by Crippen LogP contribution is 2.14. The molecule has 1 unspecified atom stereocenters. The molecule has 7 heteroatoms. The second-order valence-corrected chi connectivity index (χ2v) is 5.05. The van der Waals surface area contributed by atoms with E-state index in [1.165, 1.54) is 7.05 Å². The maximum atomic E-state index is 12.3. The van der Waals surface area contributed by atoms with E-state index in [2.05, 4.69) is 9.97 Å². The molecular weight excluding hydrogens is 258 g/mol. The molecular formula is C13H21N5O2. The zero-order valence-electron chi connectivity index (χ0n) is 12.1. The van der Waals surface area contributed by atoms with Crippen LogP contribution < -0.4 is 17.0 Å². The maximum absolute atomic E-state index is 12.3. The molecule has 2 aromatic rings. The Hall–Kier alpha value is -1.89. The highest BCUT2D eigenvalue weighted by molar-refractivity contribution is 5.70. The number of hydrogen-bond acceptors (Lipinski definition) is 4. The first-order valence-electron chi connectivity index (χ1n) is 6.91. The SMILES string of the molecule is CCC(C)n1c(=O)n(C)c(=O)c2[nH]c(CCCN)nc21. The Kier molecular flexibility index (Phi) is 4.08. The van der Waals surface area contributed by atoms with Crippen LogP contribution in [0.25, 0.3) is 11.2 Å². The third-order valence-corrected chi connectivity index (χ3v) is 3.62. The van der Waals surface area contributed by atoms with Crippen molar-refractivity contribution in [1.29, 1.82) is 0 Å². The number of hydrogen-bond donors (Lipinski definition) is 2. The Labute approximate surface area is 116 Å². The number of aromatic amines is 1. The van der Waals surface area contributed by atoms with Crippen molar-refractivity contribution in [1.82, 2.24) is 19.1 Å². The predicted molar refractivity (Wildman–Crippen MR) is 78.0 cm³/mol. The van der Waals surface area contributed by atoms with E-state index in [1.807, 2.05) is 13.8 Å². The van der Waals surface area contributed by atoms with Gasteiger partial charge in [0.1, 0.15) is 11.3 Å². The lowest BCUT2D eigenvalue weighted by Gasteiger charge is -2.14. The Balaban J connectivity index is 2.73. The van der Waals surface area contributed by atoms with Crippen molar-refractivity contribution in [2.75, 3.05) is 6.54 Å². The summed E-state index contributed by atoms with van der Waals surface area (Å²) in [4.78, 5) is 31.9. The Morgan fingerprint density at radius 3 is 2.70 bits per heavy atom. The molecule has 0 spiro atoms. The summed E-state index contributed by atoms with van der Waals surface area (Å²) in [5.41, 5.74) is 5.66. The number of nitrogens with one attached hydrogen (secondary N) is 1. The average molecular weight is 279 g/mol. The summed E-state index contributed by atoms with van der Waals surface area (Å²) in [6, 6.07) is -0.0116. The molecule has 0 aliphatic heterocycles. The number of nitrogens with zero attached hydrogens (tertiary/aromatic N) is 3. The van der Waals surface area contributed by atoms with Gasteiger partial charge in [0.05, 0.1) is 0 Å². The third-order valence-electron chi connectivity index (χ3n) is 3.62. The van der Waals surface area contributed by atoms with Crippen molar-refractivity contribution >= 4 is 11.2 Å². The summed E-state index contributed by atoms with van der Waals surface area (Å²) in [5.74, 6) is 0.699. The number of H-pyrrole nitrogens is 1. The van der Waals surface area contributed by atoms with E-state index in [0.717, 1.165) is 17.4 Å². The molecule has 0 aliphatic carbocycles. The molecule has 0 amide bonds. The van der Waals surface area contributed by atoms with Crippen LogP contribution in [0.15, 0.2) is 9.59 Å². The molecule has 2 rings (SSSR count). The predicted octanol–water partition coefficient (Wildman–Crippen LogP) is 0.286. The number of imidazole rings is 1.